The highest BCUT2D eigenvalue weighted by Crippen LogP contribution is 2.57. The van der Waals surface area contributed by atoms with Gasteiger partial charge in [-0.1, -0.05) is 6.42 Å². The van der Waals surface area contributed by atoms with Crippen LogP contribution in [0, 0.1) is 11.3 Å². The predicted molar refractivity (Wildman–Crippen MR) is 93.7 cm³/mol. The van der Waals surface area contributed by atoms with Gasteiger partial charge >= 0.3 is 0 Å². The molecule has 3 aliphatic carbocycles. The molecule has 1 aromatic rings. The van der Waals surface area contributed by atoms with E-state index in [1.54, 1.807) is 0 Å². The highest BCUT2D eigenvalue weighted by atomic mass is 16.5. The van der Waals surface area contributed by atoms with Gasteiger partial charge in [0.05, 0.1) is 6.10 Å². The van der Waals surface area contributed by atoms with Crippen molar-refractivity contribution >= 4 is 5.91 Å². The van der Waals surface area contributed by atoms with Gasteiger partial charge in [0.15, 0.2) is 0 Å². The topological polar surface area (TPSA) is 43.3 Å². The summed E-state index contributed by atoms with van der Waals surface area (Å²) in [5.41, 5.74) is 0.272. The van der Waals surface area contributed by atoms with Crippen LogP contribution in [-0.4, -0.2) is 29.2 Å². The van der Waals surface area contributed by atoms with Crippen LogP contribution in [0.5, 0.6) is 0 Å². The summed E-state index contributed by atoms with van der Waals surface area (Å²) < 4.78 is 8.20. The highest BCUT2D eigenvalue weighted by molar-refractivity contribution is 5.79. The highest BCUT2D eigenvalue weighted by Gasteiger charge is 2.59. The maximum atomic E-state index is 12.7. The van der Waals surface area contributed by atoms with Gasteiger partial charge in [-0.05, 0) is 64.0 Å². The maximum absolute atomic E-state index is 12.7. The number of hydrogen-bond donors (Lipinski definition) is 1. The normalized spacial score (nSPS) is 34.4. The summed E-state index contributed by atoms with van der Waals surface area (Å²) in [4.78, 5) is 12.7. The van der Waals surface area contributed by atoms with Crippen molar-refractivity contribution in [3.05, 3.63) is 24.5 Å². The Labute approximate surface area is 144 Å². The van der Waals surface area contributed by atoms with E-state index in [0.29, 0.717) is 24.1 Å². The number of carbonyl (C=O) groups is 1. The van der Waals surface area contributed by atoms with Gasteiger partial charge in [-0.3, -0.25) is 4.79 Å². The van der Waals surface area contributed by atoms with Crippen molar-refractivity contribution in [1.82, 2.24) is 9.88 Å². The predicted octanol–water partition coefficient (Wildman–Crippen LogP) is 3.68. The lowest BCUT2D eigenvalue weighted by Gasteiger charge is -2.61. The van der Waals surface area contributed by atoms with E-state index in [9.17, 15) is 4.79 Å². The number of carbonyl (C=O) groups excluding carboxylic acids is 1. The van der Waals surface area contributed by atoms with Crippen LogP contribution in [-0.2, 0) is 9.53 Å². The summed E-state index contributed by atoms with van der Waals surface area (Å²) in [5, 5.41) is 3.39. The molecule has 0 saturated heterocycles. The number of nitrogens with zero attached hydrogens (tertiary/aromatic N) is 1. The van der Waals surface area contributed by atoms with Crippen LogP contribution in [0.1, 0.15) is 64.3 Å². The SMILES string of the molecule is CCO[C@@H]1C[C@@H](NC(=O)C2CCC(n3cccc3)CC2)C12CCC2. The molecule has 1 heterocycles. The third kappa shape index (κ3) is 2.69. The Bertz CT molecular complexity index is 556. The van der Waals surface area contributed by atoms with E-state index in [0.717, 1.165) is 38.7 Å². The minimum atomic E-state index is 0.208. The smallest absolute Gasteiger partial charge is 0.223 e. The fourth-order valence-electron chi connectivity index (χ4n) is 5.16. The van der Waals surface area contributed by atoms with E-state index in [1.807, 2.05) is 0 Å². The van der Waals surface area contributed by atoms with Crippen molar-refractivity contribution in [2.45, 2.75) is 76.5 Å². The third-order valence-corrected chi connectivity index (χ3v) is 6.87. The lowest BCUT2D eigenvalue weighted by atomic mass is 9.51. The number of nitrogens with one attached hydrogen (secondary N) is 1. The number of ether oxygens (including phenoxy) is 1. The molecule has 3 saturated carbocycles. The van der Waals surface area contributed by atoms with Gasteiger partial charge in [-0.25, -0.2) is 0 Å². The Balaban J connectivity index is 1.28. The molecule has 24 heavy (non-hydrogen) atoms. The van der Waals surface area contributed by atoms with Crippen LogP contribution in [0.25, 0.3) is 0 Å². The number of aromatic nitrogens is 1. The standard InChI is InChI=1S/C20H30N2O2/c1-2-24-18-14-17(20(18)10-5-11-20)21-19(23)15-6-8-16(9-7-15)22-12-3-4-13-22/h3-4,12-13,15-18H,2,5-11,14H2,1H3,(H,21,23)/t15?,16?,17-,18-/m1/s1. The molecular weight excluding hydrogens is 300 g/mol. The number of amides is 1. The Kier molecular flexibility index (Phi) is 4.42. The molecule has 1 N–H and O–H groups in total. The van der Waals surface area contributed by atoms with Crippen molar-refractivity contribution in [3.8, 4) is 0 Å². The average molecular weight is 330 g/mol. The van der Waals surface area contributed by atoms with Gasteiger partial charge in [0.25, 0.3) is 0 Å². The number of hydrogen-bond acceptors (Lipinski definition) is 2. The van der Waals surface area contributed by atoms with Crippen molar-refractivity contribution < 1.29 is 9.53 Å². The molecule has 3 aliphatic rings. The maximum Gasteiger partial charge on any atom is 0.223 e. The molecule has 0 radical (unpaired) electrons. The second-order valence-corrected chi connectivity index (χ2v) is 7.96. The van der Waals surface area contributed by atoms with E-state index in [4.69, 9.17) is 4.74 Å². The van der Waals surface area contributed by atoms with Crippen molar-refractivity contribution in [1.29, 1.82) is 0 Å². The monoisotopic (exact) mass is 330 g/mol. The summed E-state index contributed by atoms with van der Waals surface area (Å²) in [6, 6.07) is 5.11. The first-order valence-corrected chi connectivity index (χ1v) is 9.77. The second kappa shape index (κ2) is 6.55. The van der Waals surface area contributed by atoms with Gasteiger partial charge in [0.2, 0.25) is 5.91 Å². The summed E-state index contributed by atoms with van der Waals surface area (Å²) in [6.07, 6.45) is 13.7. The first kappa shape index (κ1) is 16.2. The lowest BCUT2D eigenvalue weighted by molar-refractivity contribution is -0.177. The van der Waals surface area contributed by atoms with Gasteiger partial charge < -0.3 is 14.6 Å². The molecule has 0 unspecified atom stereocenters. The zero-order chi connectivity index (χ0) is 16.6. The van der Waals surface area contributed by atoms with Crippen molar-refractivity contribution in [2.24, 2.45) is 11.3 Å². The molecule has 3 fully saturated rings. The fraction of sp³-hybridized carbons (Fsp3) is 0.750. The summed E-state index contributed by atoms with van der Waals surface area (Å²) in [7, 11) is 0. The summed E-state index contributed by atoms with van der Waals surface area (Å²) in [5.74, 6) is 0.507. The molecule has 0 aliphatic heterocycles. The molecule has 4 heteroatoms. The lowest BCUT2D eigenvalue weighted by Crippen LogP contribution is -2.68. The first-order valence-electron chi connectivity index (χ1n) is 9.77. The summed E-state index contributed by atoms with van der Waals surface area (Å²) >= 11 is 0. The Morgan fingerprint density at radius 1 is 1.21 bits per heavy atom. The van der Waals surface area contributed by atoms with Crippen LogP contribution >= 0.6 is 0 Å². The molecular formula is C20H30N2O2. The van der Waals surface area contributed by atoms with Crippen molar-refractivity contribution in [2.75, 3.05) is 6.61 Å². The van der Waals surface area contributed by atoms with Crippen LogP contribution in [0.15, 0.2) is 24.5 Å². The Hall–Kier alpha value is -1.29. The first-order chi connectivity index (χ1) is 11.7. The third-order valence-electron chi connectivity index (χ3n) is 6.87. The molecule has 2 atom stereocenters. The molecule has 4 nitrogen and oxygen atoms in total. The summed E-state index contributed by atoms with van der Waals surface area (Å²) in [6.45, 7) is 2.86. The molecule has 1 aromatic heterocycles. The molecule has 1 spiro atoms. The quantitative estimate of drug-likeness (QED) is 0.895. The van der Waals surface area contributed by atoms with Crippen LogP contribution in [0.4, 0.5) is 0 Å². The zero-order valence-electron chi connectivity index (χ0n) is 14.7. The molecule has 132 valence electrons. The molecule has 0 aromatic carbocycles. The van der Waals surface area contributed by atoms with E-state index in [1.165, 1.54) is 19.3 Å². The number of rotatable bonds is 5. The molecule has 4 rings (SSSR count). The Morgan fingerprint density at radius 3 is 2.50 bits per heavy atom. The van der Waals surface area contributed by atoms with E-state index in [2.05, 4.69) is 41.3 Å². The van der Waals surface area contributed by atoms with E-state index < -0.39 is 0 Å². The second-order valence-electron chi connectivity index (χ2n) is 7.96. The zero-order valence-corrected chi connectivity index (χ0v) is 14.7. The minimum absolute atomic E-state index is 0.208. The van der Waals surface area contributed by atoms with Gasteiger partial charge in [-0.15, -0.1) is 0 Å². The van der Waals surface area contributed by atoms with Gasteiger partial charge in [-0.2, -0.15) is 0 Å². The largest absolute Gasteiger partial charge is 0.378 e. The molecule has 0 bridgehead atoms. The van der Waals surface area contributed by atoms with Crippen LogP contribution in [0.2, 0.25) is 0 Å². The van der Waals surface area contributed by atoms with Gasteiger partial charge in [0.1, 0.15) is 0 Å². The molecule has 1 amide bonds. The van der Waals surface area contributed by atoms with Crippen LogP contribution < -0.4 is 5.32 Å². The fourth-order valence-corrected chi connectivity index (χ4v) is 5.16. The van der Waals surface area contributed by atoms with E-state index >= 15 is 0 Å². The average Bonchev–Trinajstić information content (AvgIpc) is 3.06. The van der Waals surface area contributed by atoms with Gasteiger partial charge in [0, 0.05) is 42.4 Å². The van der Waals surface area contributed by atoms with E-state index in [-0.39, 0.29) is 11.3 Å². The van der Waals surface area contributed by atoms with Crippen LogP contribution in [0.3, 0.4) is 0 Å². The Morgan fingerprint density at radius 2 is 1.92 bits per heavy atom. The minimum Gasteiger partial charge on any atom is -0.378 e. The van der Waals surface area contributed by atoms with Crippen molar-refractivity contribution in [3.63, 3.8) is 0 Å².